The molecular formula is C30H36ClN3O4S. The van der Waals surface area contributed by atoms with Gasteiger partial charge in [-0.15, -0.1) is 0 Å². The maximum absolute atomic E-state index is 14.1. The van der Waals surface area contributed by atoms with Gasteiger partial charge in [0.05, 0.1) is 11.9 Å². The highest BCUT2D eigenvalue weighted by Gasteiger charge is 2.34. The van der Waals surface area contributed by atoms with Crippen LogP contribution >= 0.6 is 11.6 Å². The van der Waals surface area contributed by atoms with Gasteiger partial charge < -0.3 is 10.2 Å². The minimum atomic E-state index is -3.82. The second kappa shape index (κ2) is 13.6. The fourth-order valence-corrected chi connectivity index (χ4v) is 5.35. The molecule has 0 heterocycles. The van der Waals surface area contributed by atoms with Gasteiger partial charge in [0.1, 0.15) is 12.6 Å². The summed E-state index contributed by atoms with van der Waals surface area (Å²) in [5, 5.41) is 3.47. The maximum atomic E-state index is 14.1. The summed E-state index contributed by atoms with van der Waals surface area (Å²) in [5.74, 6) is -0.820. The Labute approximate surface area is 236 Å². The van der Waals surface area contributed by atoms with Crippen molar-refractivity contribution in [1.29, 1.82) is 0 Å². The largest absolute Gasteiger partial charge is 0.352 e. The van der Waals surface area contributed by atoms with Gasteiger partial charge in [0.15, 0.2) is 0 Å². The average Bonchev–Trinajstić information content (AvgIpc) is 2.90. The van der Waals surface area contributed by atoms with Gasteiger partial charge in [-0.25, -0.2) is 8.42 Å². The van der Waals surface area contributed by atoms with Crippen LogP contribution in [0.4, 0.5) is 5.69 Å². The van der Waals surface area contributed by atoms with Gasteiger partial charge in [-0.05, 0) is 49.1 Å². The van der Waals surface area contributed by atoms with E-state index in [0.717, 1.165) is 22.5 Å². The lowest BCUT2D eigenvalue weighted by atomic mass is 10.0. The molecule has 3 aromatic rings. The predicted molar refractivity (Wildman–Crippen MR) is 157 cm³/mol. The molecule has 0 bridgehead atoms. The molecule has 0 aliphatic heterocycles. The van der Waals surface area contributed by atoms with Crippen molar-refractivity contribution in [3.05, 3.63) is 101 Å². The summed E-state index contributed by atoms with van der Waals surface area (Å²) < 4.78 is 26.9. The van der Waals surface area contributed by atoms with Gasteiger partial charge >= 0.3 is 0 Å². The van der Waals surface area contributed by atoms with Gasteiger partial charge in [-0.2, -0.15) is 0 Å². The molecule has 0 unspecified atom stereocenters. The molecule has 39 heavy (non-hydrogen) atoms. The highest BCUT2D eigenvalue weighted by molar-refractivity contribution is 7.92. The first kappa shape index (κ1) is 30.2. The monoisotopic (exact) mass is 569 g/mol. The molecule has 0 saturated heterocycles. The maximum Gasteiger partial charge on any atom is 0.244 e. The van der Waals surface area contributed by atoms with Crippen molar-refractivity contribution in [2.75, 3.05) is 17.1 Å². The lowest BCUT2D eigenvalue weighted by Crippen LogP contribution is -2.54. The van der Waals surface area contributed by atoms with Crippen LogP contribution in [0.1, 0.15) is 37.0 Å². The predicted octanol–water partition coefficient (Wildman–Crippen LogP) is 4.97. The van der Waals surface area contributed by atoms with Crippen LogP contribution in [0.3, 0.4) is 0 Å². The summed E-state index contributed by atoms with van der Waals surface area (Å²) in [5.41, 5.74) is 2.65. The Morgan fingerprint density at radius 3 is 2.18 bits per heavy atom. The topological polar surface area (TPSA) is 86.8 Å². The molecule has 1 N–H and O–H groups in total. The van der Waals surface area contributed by atoms with Crippen molar-refractivity contribution < 1.29 is 18.0 Å². The van der Waals surface area contributed by atoms with E-state index in [2.05, 4.69) is 5.32 Å². The molecule has 0 aliphatic carbocycles. The van der Waals surface area contributed by atoms with E-state index in [-0.39, 0.29) is 24.9 Å². The standard InChI is InChI=1S/C30H36ClN3O4S/c1-5-23(3)32-30(36)28(19-24-14-7-6-8-15-24)33(20-25-16-10-11-17-26(25)31)29(35)21-34(39(4,37)38)27-18-12-9-13-22(27)2/h6-18,23,28H,5,19-21H2,1-4H3,(H,32,36)/t23-,28-/m0/s1. The third-order valence-electron chi connectivity index (χ3n) is 6.63. The minimum Gasteiger partial charge on any atom is -0.352 e. The zero-order valence-corrected chi connectivity index (χ0v) is 24.4. The van der Waals surface area contributed by atoms with Crippen LogP contribution in [-0.2, 0) is 32.6 Å². The highest BCUT2D eigenvalue weighted by Crippen LogP contribution is 2.25. The Morgan fingerprint density at radius 1 is 0.949 bits per heavy atom. The number of carbonyl (C=O) groups is 2. The number of para-hydroxylation sites is 1. The van der Waals surface area contributed by atoms with E-state index in [0.29, 0.717) is 21.8 Å². The fourth-order valence-electron chi connectivity index (χ4n) is 4.24. The number of amides is 2. The second-order valence-electron chi connectivity index (χ2n) is 9.69. The first-order valence-electron chi connectivity index (χ1n) is 12.9. The number of halogens is 1. The molecule has 0 radical (unpaired) electrons. The van der Waals surface area contributed by atoms with E-state index >= 15 is 0 Å². The molecule has 0 aliphatic rings. The van der Waals surface area contributed by atoms with Crippen LogP contribution in [0, 0.1) is 6.92 Å². The van der Waals surface area contributed by atoms with E-state index in [1.165, 1.54) is 4.90 Å². The number of nitrogens with zero attached hydrogens (tertiary/aromatic N) is 2. The highest BCUT2D eigenvalue weighted by atomic mass is 35.5. The van der Waals surface area contributed by atoms with E-state index in [1.54, 1.807) is 49.4 Å². The molecule has 2 amide bonds. The summed E-state index contributed by atoms with van der Waals surface area (Å²) >= 11 is 6.47. The molecule has 9 heteroatoms. The number of anilines is 1. The molecule has 3 rings (SSSR count). The van der Waals surface area contributed by atoms with E-state index in [4.69, 9.17) is 11.6 Å². The molecule has 0 fully saturated rings. The Morgan fingerprint density at radius 2 is 1.56 bits per heavy atom. The zero-order chi connectivity index (χ0) is 28.6. The first-order chi connectivity index (χ1) is 18.5. The van der Waals surface area contributed by atoms with Crippen molar-refractivity contribution in [3.63, 3.8) is 0 Å². The summed E-state index contributed by atoms with van der Waals surface area (Å²) in [7, 11) is -3.82. The smallest absolute Gasteiger partial charge is 0.244 e. The number of aryl methyl sites for hydroxylation is 1. The number of nitrogens with one attached hydrogen (secondary N) is 1. The number of benzene rings is 3. The molecule has 0 aromatic heterocycles. The summed E-state index contributed by atoms with van der Waals surface area (Å²) in [4.78, 5) is 29.2. The third-order valence-corrected chi connectivity index (χ3v) is 8.13. The van der Waals surface area contributed by atoms with E-state index in [1.807, 2.05) is 50.2 Å². The van der Waals surface area contributed by atoms with Gasteiger partial charge in [-0.3, -0.25) is 13.9 Å². The van der Waals surface area contributed by atoms with Crippen molar-refractivity contribution in [1.82, 2.24) is 10.2 Å². The summed E-state index contributed by atoms with van der Waals surface area (Å²) in [6.45, 7) is 5.24. The van der Waals surface area contributed by atoms with Crippen molar-refractivity contribution in [2.45, 2.75) is 52.2 Å². The molecule has 7 nitrogen and oxygen atoms in total. The van der Waals surface area contributed by atoms with Gasteiger partial charge in [0.25, 0.3) is 0 Å². The Balaban J connectivity index is 2.08. The Bertz CT molecular complexity index is 1380. The number of carbonyl (C=O) groups excluding carboxylic acids is 2. The van der Waals surface area contributed by atoms with Crippen LogP contribution in [0.15, 0.2) is 78.9 Å². The van der Waals surface area contributed by atoms with Crippen LogP contribution in [0.5, 0.6) is 0 Å². The van der Waals surface area contributed by atoms with Crippen LogP contribution in [0.2, 0.25) is 5.02 Å². The van der Waals surface area contributed by atoms with Crippen molar-refractivity contribution in [3.8, 4) is 0 Å². The molecule has 0 saturated carbocycles. The quantitative estimate of drug-likeness (QED) is 0.334. The van der Waals surface area contributed by atoms with Crippen LogP contribution in [-0.4, -0.2) is 50.0 Å². The van der Waals surface area contributed by atoms with Crippen LogP contribution < -0.4 is 9.62 Å². The number of hydrogen-bond acceptors (Lipinski definition) is 4. The third kappa shape index (κ3) is 8.31. The molecule has 0 spiro atoms. The lowest BCUT2D eigenvalue weighted by molar-refractivity contribution is -0.140. The molecular weight excluding hydrogens is 534 g/mol. The number of sulfonamides is 1. The molecule has 3 aromatic carbocycles. The van der Waals surface area contributed by atoms with E-state index < -0.39 is 28.5 Å². The first-order valence-corrected chi connectivity index (χ1v) is 15.1. The summed E-state index contributed by atoms with van der Waals surface area (Å²) in [6, 6.07) is 22.5. The SMILES string of the molecule is CC[C@H](C)NC(=O)[C@H](Cc1ccccc1)N(Cc1ccccc1Cl)C(=O)CN(c1ccccc1C)S(C)(=O)=O. The Hall–Kier alpha value is -3.36. The zero-order valence-electron chi connectivity index (χ0n) is 22.8. The summed E-state index contributed by atoms with van der Waals surface area (Å²) in [6.07, 6.45) is 2.04. The lowest BCUT2D eigenvalue weighted by Gasteiger charge is -2.34. The minimum absolute atomic E-state index is 0.0370. The van der Waals surface area contributed by atoms with Crippen LogP contribution in [0.25, 0.3) is 0 Å². The normalized spacial score (nSPS) is 12.8. The molecule has 2 atom stereocenters. The van der Waals surface area contributed by atoms with Gasteiger partial charge in [0, 0.05) is 24.0 Å². The van der Waals surface area contributed by atoms with Crippen molar-refractivity contribution >= 4 is 39.1 Å². The number of rotatable bonds is 12. The molecule has 208 valence electrons. The van der Waals surface area contributed by atoms with Gasteiger partial charge in [-0.1, -0.05) is 85.3 Å². The Kier molecular flexibility index (Phi) is 10.5. The number of hydrogen-bond donors (Lipinski definition) is 1. The van der Waals surface area contributed by atoms with Crippen molar-refractivity contribution in [2.24, 2.45) is 0 Å². The van der Waals surface area contributed by atoms with E-state index in [9.17, 15) is 18.0 Å². The fraction of sp³-hybridized carbons (Fsp3) is 0.333. The average molecular weight is 570 g/mol. The van der Waals surface area contributed by atoms with Gasteiger partial charge in [0.2, 0.25) is 21.8 Å². The second-order valence-corrected chi connectivity index (χ2v) is 12.0.